The van der Waals surface area contributed by atoms with Gasteiger partial charge in [0.1, 0.15) is 11.3 Å². The van der Waals surface area contributed by atoms with E-state index in [1.165, 1.54) is 12.3 Å². The monoisotopic (exact) mass is 263 g/mol. The quantitative estimate of drug-likeness (QED) is 0.920. The Morgan fingerprint density at radius 1 is 1.39 bits per heavy atom. The number of halogens is 1. The third kappa shape index (κ3) is 2.78. The van der Waals surface area contributed by atoms with Crippen molar-refractivity contribution in [2.75, 3.05) is 0 Å². The van der Waals surface area contributed by atoms with Gasteiger partial charge >= 0.3 is 5.97 Å². The molecule has 0 atom stereocenters. The number of nitrogens with zero attached hydrogens (tertiary/aromatic N) is 1. The number of pyridine rings is 1. The van der Waals surface area contributed by atoms with Crippen LogP contribution in [0.25, 0.3) is 0 Å². The van der Waals surface area contributed by atoms with Crippen LogP contribution < -0.4 is 4.74 Å². The number of aryl methyl sites for hydroxylation is 1. The standard InChI is InChI=1S/C13H10ClNO3/c1-8-3-2-4-10(5-8)18-12-11(13(16)17)6-9(14)7-15-12/h2-7H,1H3,(H,16,17). The summed E-state index contributed by atoms with van der Waals surface area (Å²) in [5.74, 6) is -0.572. The van der Waals surface area contributed by atoms with Crippen molar-refractivity contribution in [2.24, 2.45) is 0 Å². The molecule has 0 radical (unpaired) electrons. The highest BCUT2D eigenvalue weighted by molar-refractivity contribution is 6.30. The Balaban J connectivity index is 2.37. The topological polar surface area (TPSA) is 59.4 Å². The summed E-state index contributed by atoms with van der Waals surface area (Å²) in [7, 11) is 0. The van der Waals surface area contributed by atoms with Crippen molar-refractivity contribution < 1.29 is 14.6 Å². The molecule has 1 aromatic carbocycles. The second kappa shape index (κ2) is 5.06. The normalized spacial score (nSPS) is 10.1. The van der Waals surface area contributed by atoms with Crippen molar-refractivity contribution in [1.82, 2.24) is 4.98 Å². The van der Waals surface area contributed by atoms with Gasteiger partial charge in [-0.3, -0.25) is 0 Å². The van der Waals surface area contributed by atoms with E-state index in [0.717, 1.165) is 5.56 Å². The molecule has 0 spiro atoms. The summed E-state index contributed by atoms with van der Waals surface area (Å²) in [6, 6.07) is 8.57. The predicted molar refractivity (Wildman–Crippen MR) is 67.5 cm³/mol. The zero-order chi connectivity index (χ0) is 13.1. The Labute approximate surface area is 109 Å². The van der Waals surface area contributed by atoms with E-state index in [4.69, 9.17) is 21.4 Å². The molecule has 5 heteroatoms. The highest BCUT2D eigenvalue weighted by atomic mass is 35.5. The first-order valence-corrected chi connectivity index (χ1v) is 5.57. The second-order valence-electron chi connectivity index (χ2n) is 3.73. The molecule has 4 nitrogen and oxygen atoms in total. The first-order valence-electron chi connectivity index (χ1n) is 5.19. The number of hydrogen-bond donors (Lipinski definition) is 1. The van der Waals surface area contributed by atoms with Crippen molar-refractivity contribution in [3.8, 4) is 11.6 Å². The fraction of sp³-hybridized carbons (Fsp3) is 0.0769. The molecule has 1 N–H and O–H groups in total. The molecule has 2 aromatic rings. The molecule has 1 aromatic heterocycles. The molecule has 0 aliphatic carbocycles. The van der Waals surface area contributed by atoms with Crippen LogP contribution in [0.2, 0.25) is 5.02 Å². The molecule has 0 aliphatic heterocycles. The van der Waals surface area contributed by atoms with Crippen LogP contribution >= 0.6 is 11.6 Å². The molecular formula is C13H10ClNO3. The van der Waals surface area contributed by atoms with Crippen LogP contribution in [0, 0.1) is 6.92 Å². The minimum Gasteiger partial charge on any atom is -0.477 e. The van der Waals surface area contributed by atoms with Gasteiger partial charge in [-0.1, -0.05) is 23.7 Å². The average Bonchev–Trinajstić information content (AvgIpc) is 2.31. The van der Waals surface area contributed by atoms with Crippen LogP contribution in [0.4, 0.5) is 0 Å². The van der Waals surface area contributed by atoms with E-state index in [1.54, 1.807) is 12.1 Å². The molecule has 0 aliphatic rings. The van der Waals surface area contributed by atoms with Crippen molar-refractivity contribution in [3.05, 3.63) is 52.7 Å². The highest BCUT2D eigenvalue weighted by Gasteiger charge is 2.14. The van der Waals surface area contributed by atoms with Crippen LogP contribution in [0.1, 0.15) is 15.9 Å². The van der Waals surface area contributed by atoms with Crippen molar-refractivity contribution in [1.29, 1.82) is 0 Å². The summed E-state index contributed by atoms with van der Waals surface area (Å²) in [5.41, 5.74) is 0.947. The smallest absolute Gasteiger partial charge is 0.341 e. The largest absolute Gasteiger partial charge is 0.477 e. The summed E-state index contributed by atoms with van der Waals surface area (Å²) in [6.45, 7) is 1.92. The second-order valence-corrected chi connectivity index (χ2v) is 4.17. The number of carboxylic acids is 1. The van der Waals surface area contributed by atoms with Gasteiger partial charge in [0.05, 0.1) is 5.02 Å². The van der Waals surface area contributed by atoms with E-state index in [2.05, 4.69) is 4.98 Å². The first kappa shape index (κ1) is 12.4. The number of rotatable bonds is 3. The maximum absolute atomic E-state index is 11.1. The van der Waals surface area contributed by atoms with E-state index in [-0.39, 0.29) is 16.5 Å². The summed E-state index contributed by atoms with van der Waals surface area (Å²) in [4.78, 5) is 14.9. The number of carbonyl (C=O) groups is 1. The van der Waals surface area contributed by atoms with Gasteiger partial charge in [-0.15, -0.1) is 0 Å². The Morgan fingerprint density at radius 3 is 2.83 bits per heavy atom. The summed E-state index contributed by atoms with van der Waals surface area (Å²) < 4.78 is 5.46. The SMILES string of the molecule is Cc1cccc(Oc2ncc(Cl)cc2C(=O)O)c1. The number of benzene rings is 1. The van der Waals surface area contributed by atoms with Gasteiger partial charge in [0.2, 0.25) is 5.88 Å². The van der Waals surface area contributed by atoms with Gasteiger partial charge in [0.25, 0.3) is 0 Å². The lowest BCUT2D eigenvalue weighted by atomic mass is 10.2. The van der Waals surface area contributed by atoms with Crippen LogP contribution in [0.15, 0.2) is 36.5 Å². The lowest BCUT2D eigenvalue weighted by molar-refractivity contribution is 0.0693. The van der Waals surface area contributed by atoms with Crippen molar-refractivity contribution in [3.63, 3.8) is 0 Å². The molecule has 1 heterocycles. The Hall–Kier alpha value is -2.07. The molecule has 0 amide bonds. The lowest BCUT2D eigenvalue weighted by Gasteiger charge is -2.08. The van der Waals surface area contributed by atoms with Crippen LogP contribution in [-0.4, -0.2) is 16.1 Å². The zero-order valence-corrected chi connectivity index (χ0v) is 10.3. The molecule has 0 unspecified atom stereocenters. The highest BCUT2D eigenvalue weighted by Crippen LogP contribution is 2.25. The average molecular weight is 264 g/mol. The third-order valence-corrected chi connectivity index (χ3v) is 2.46. The van der Waals surface area contributed by atoms with E-state index in [0.29, 0.717) is 5.75 Å². The van der Waals surface area contributed by atoms with Gasteiger partial charge in [0.15, 0.2) is 0 Å². The van der Waals surface area contributed by atoms with Gasteiger partial charge < -0.3 is 9.84 Å². The Kier molecular flexibility index (Phi) is 3.48. The van der Waals surface area contributed by atoms with E-state index in [1.807, 2.05) is 19.1 Å². The maximum Gasteiger partial charge on any atom is 0.341 e. The number of carboxylic acid groups (broad SMARTS) is 1. The van der Waals surface area contributed by atoms with Gasteiger partial charge in [-0.2, -0.15) is 0 Å². The van der Waals surface area contributed by atoms with Gasteiger partial charge in [-0.05, 0) is 30.7 Å². The van der Waals surface area contributed by atoms with E-state index < -0.39 is 5.97 Å². The van der Waals surface area contributed by atoms with E-state index in [9.17, 15) is 4.79 Å². The molecular weight excluding hydrogens is 254 g/mol. The number of hydrogen-bond acceptors (Lipinski definition) is 3. The van der Waals surface area contributed by atoms with Crippen LogP contribution in [0.3, 0.4) is 0 Å². The third-order valence-electron chi connectivity index (χ3n) is 2.25. The van der Waals surface area contributed by atoms with Crippen LogP contribution in [0.5, 0.6) is 11.6 Å². The maximum atomic E-state index is 11.1. The molecule has 2 rings (SSSR count). The molecule has 0 saturated heterocycles. The molecule has 0 bridgehead atoms. The number of aromatic carboxylic acids is 1. The Morgan fingerprint density at radius 2 is 2.17 bits per heavy atom. The minimum atomic E-state index is -1.13. The van der Waals surface area contributed by atoms with Gasteiger partial charge in [0, 0.05) is 6.20 Å². The molecule has 92 valence electrons. The molecule has 0 fully saturated rings. The fourth-order valence-electron chi connectivity index (χ4n) is 1.45. The number of aromatic nitrogens is 1. The van der Waals surface area contributed by atoms with E-state index >= 15 is 0 Å². The zero-order valence-electron chi connectivity index (χ0n) is 9.55. The molecule has 18 heavy (non-hydrogen) atoms. The lowest BCUT2D eigenvalue weighted by Crippen LogP contribution is -2.02. The van der Waals surface area contributed by atoms with Crippen molar-refractivity contribution >= 4 is 17.6 Å². The minimum absolute atomic E-state index is 0.0255. The summed E-state index contributed by atoms with van der Waals surface area (Å²) in [5, 5.41) is 9.30. The fourth-order valence-corrected chi connectivity index (χ4v) is 1.61. The Bertz CT molecular complexity index is 599. The first-order chi connectivity index (χ1) is 8.56. The summed E-state index contributed by atoms with van der Waals surface area (Å²) >= 11 is 5.71. The van der Waals surface area contributed by atoms with Gasteiger partial charge in [-0.25, -0.2) is 9.78 Å². The predicted octanol–water partition coefficient (Wildman–Crippen LogP) is 3.53. The number of ether oxygens (including phenoxy) is 1. The van der Waals surface area contributed by atoms with Crippen LogP contribution in [-0.2, 0) is 0 Å². The molecule has 0 saturated carbocycles. The van der Waals surface area contributed by atoms with Crippen molar-refractivity contribution in [2.45, 2.75) is 6.92 Å². The summed E-state index contributed by atoms with van der Waals surface area (Å²) in [6.07, 6.45) is 1.35.